The van der Waals surface area contributed by atoms with Gasteiger partial charge < -0.3 is 10.7 Å². The second-order valence-corrected chi connectivity index (χ2v) is 3.51. The van der Waals surface area contributed by atoms with Gasteiger partial charge in [0.2, 0.25) is 0 Å². The summed E-state index contributed by atoms with van der Waals surface area (Å²) in [4.78, 5) is 7.31. The summed E-state index contributed by atoms with van der Waals surface area (Å²) in [5, 5.41) is 1.09. The van der Waals surface area contributed by atoms with Crippen molar-refractivity contribution < 1.29 is 0 Å². The van der Waals surface area contributed by atoms with Crippen molar-refractivity contribution in [2.24, 2.45) is 5.73 Å². The monoisotopic (exact) mass is 225 g/mol. The van der Waals surface area contributed by atoms with E-state index >= 15 is 0 Å². The summed E-state index contributed by atoms with van der Waals surface area (Å²) < 4.78 is 0.984. The van der Waals surface area contributed by atoms with Crippen molar-refractivity contribution >= 4 is 27.0 Å². The maximum atomic E-state index is 5.48. The molecule has 0 amide bonds. The summed E-state index contributed by atoms with van der Waals surface area (Å²) in [5.41, 5.74) is 7.38. The summed E-state index contributed by atoms with van der Waals surface area (Å²) in [6.45, 7) is 0.522. The average molecular weight is 226 g/mol. The number of H-pyrrole nitrogens is 1. The molecule has 62 valence electrons. The van der Waals surface area contributed by atoms with Crippen LogP contribution in [0.25, 0.3) is 11.0 Å². The molecule has 0 saturated heterocycles. The second-order valence-electron chi connectivity index (χ2n) is 2.59. The zero-order valence-corrected chi connectivity index (χ0v) is 7.93. The van der Waals surface area contributed by atoms with Gasteiger partial charge in [-0.3, -0.25) is 0 Å². The lowest BCUT2D eigenvalue weighted by Gasteiger charge is -1.88. The fraction of sp³-hybridized carbons (Fsp3) is 0.125. The summed E-state index contributed by atoms with van der Waals surface area (Å²) in [6, 6.07) is 4.02. The zero-order valence-electron chi connectivity index (χ0n) is 6.34. The molecule has 2 heterocycles. The molecule has 0 bridgehead atoms. The van der Waals surface area contributed by atoms with Crippen LogP contribution in [0.5, 0.6) is 0 Å². The highest BCUT2D eigenvalue weighted by Crippen LogP contribution is 2.17. The normalized spacial score (nSPS) is 10.8. The summed E-state index contributed by atoms with van der Waals surface area (Å²) in [7, 11) is 0. The third-order valence-corrected chi connectivity index (χ3v) is 2.15. The van der Waals surface area contributed by atoms with Crippen molar-refractivity contribution in [3.05, 3.63) is 28.5 Å². The Bertz CT molecular complexity index is 408. The molecular formula is C8H8BrN3. The van der Waals surface area contributed by atoms with Crippen molar-refractivity contribution in [2.75, 3.05) is 0 Å². The number of pyridine rings is 1. The maximum Gasteiger partial charge on any atom is 0.137 e. The van der Waals surface area contributed by atoms with Crippen LogP contribution in [-0.2, 0) is 6.54 Å². The molecule has 3 nitrogen and oxygen atoms in total. The fourth-order valence-electron chi connectivity index (χ4n) is 1.16. The molecule has 0 aliphatic rings. The quantitative estimate of drug-likeness (QED) is 0.778. The predicted molar refractivity (Wildman–Crippen MR) is 51.7 cm³/mol. The van der Waals surface area contributed by atoms with Crippen LogP contribution in [0.4, 0.5) is 0 Å². The summed E-state index contributed by atoms with van der Waals surface area (Å²) >= 11 is 3.36. The van der Waals surface area contributed by atoms with Gasteiger partial charge in [0, 0.05) is 28.3 Å². The molecule has 3 N–H and O–H groups in total. The topological polar surface area (TPSA) is 54.7 Å². The average Bonchev–Trinajstić information content (AvgIpc) is 2.46. The molecule has 0 aromatic carbocycles. The number of nitrogens with two attached hydrogens (primary N) is 1. The Kier molecular flexibility index (Phi) is 1.86. The van der Waals surface area contributed by atoms with E-state index in [1.165, 1.54) is 0 Å². The van der Waals surface area contributed by atoms with Gasteiger partial charge in [-0.2, -0.15) is 0 Å². The van der Waals surface area contributed by atoms with Gasteiger partial charge in [0.15, 0.2) is 0 Å². The van der Waals surface area contributed by atoms with E-state index in [4.69, 9.17) is 5.73 Å². The first-order chi connectivity index (χ1) is 5.79. The number of aromatic nitrogens is 2. The van der Waals surface area contributed by atoms with Gasteiger partial charge in [-0.25, -0.2) is 4.98 Å². The Hall–Kier alpha value is -0.870. The third-order valence-electron chi connectivity index (χ3n) is 1.71. The zero-order chi connectivity index (χ0) is 8.55. The molecule has 0 radical (unpaired) electrons. The Morgan fingerprint density at radius 3 is 3.08 bits per heavy atom. The number of fused-ring (bicyclic) bond motifs is 1. The molecule has 0 fully saturated rings. The summed E-state index contributed by atoms with van der Waals surface area (Å²) in [6.07, 6.45) is 1.76. The van der Waals surface area contributed by atoms with Crippen LogP contribution in [0.1, 0.15) is 5.69 Å². The van der Waals surface area contributed by atoms with Crippen LogP contribution in [0.2, 0.25) is 0 Å². The van der Waals surface area contributed by atoms with Gasteiger partial charge in [-0.05, 0) is 28.1 Å². The molecule has 2 aromatic rings. The van der Waals surface area contributed by atoms with Crippen molar-refractivity contribution in [3.8, 4) is 0 Å². The lowest BCUT2D eigenvalue weighted by molar-refractivity contribution is 1.02. The highest BCUT2D eigenvalue weighted by Gasteiger charge is 1.99. The van der Waals surface area contributed by atoms with Crippen LogP contribution in [0.15, 0.2) is 22.8 Å². The summed E-state index contributed by atoms with van der Waals surface area (Å²) in [5.74, 6) is 0. The van der Waals surface area contributed by atoms with Crippen molar-refractivity contribution in [1.29, 1.82) is 0 Å². The van der Waals surface area contributed by atoms with Gasteiger partial charge in [-0.1, -0.05) is 0 Å². The van der Waals surface area contributed by atoms with Gasteiger partial charge >= 0.3 is 0 Å². The Morgan fingerprint density at radius 2 is 2.33 bits per heavy atom. The van der Waals surface area contributed by atoms with Crippen LogP contribution in [0, 0.1) is 0 Å². The van der Waals surface area contributed by atoms with Gasteiger partial charge in [-0.15, -0.1) is 0 Å². The maximum absolute atomic E-state index is 5.48. The number of halogens is 1. The molecule has 0 unspecified atom stereocenters. The van der Waals surface area contributed by atoms with Crippen LogP contribution in [0.3, 0.4) is 0 Å². The number of hydrogen-bond acceptors (Lipinski definition) is 2. The first kappa shape index (κ1) is 7.76. The lowest BCUT2D eigenvalue weighted by Crippen LogP contribution is -1.95. The van der Waals surface area contributed by atoms with Gasteiger partial charge in [0.25, 0.3) is 0 Å². The van der Waals surface area contributed by atoms with E-state index in [2.05, 4.69) is 25.9 Å². The first-order valence-corrected chi connectivity index (χ1v) is 4.42. The minimum absolute atomic E-state index is 0.522. The van der Waals surface area contributed by atoms with E-state index in [9.17, 15) is 0 Å². The minimum Gasteiger partial charge on any atom is -0.342 e. The number of nitrogens with zero attached hydrogens (tertiary/aromatic N) is 1. The predicted octanol–water partition coefficient (Wildman–Crippen LogP) is 1.78. The van der Waals surface area contributed by atoms with E-state index in [1.54, 1.807) is 6.20 Å². The molecule has 0 atom stereocenters. The smallest absolute Gasteiger partial charge is 0.137 e. The Balaban J connectivity index is 2.67. The number of nitrogens with one attached hydrogen (secondary N) is 1. The standard InChI is InChI=1S/C8H8BrN3/c9-6-1-5-2-7(3-10)12-8(5)11-4-6/h1-2,4H,3,10H2,(H,11,12). The number of hydrogen-bond donors (Lipinski definition) is 2. The van der Waals surface area contributed by atoms with Gasteiger partial charge in [0.05, 0.1) is 0 Å². The molecule has 2 rings (SSSR count). The Labute approximate surface area is 78.1 Å². The van der Waals surface area contributed by atoms with E-state index in [1.807, 2.05) is 12.1 Å². The molecule has 12 heavy (non-hydrogen) atoms. The Morgan fingerprint density at radius 1 is 1.50 bits per heavy atom. The molecule has 0 spiro atoms. The van der Waals surface area contributed by atoms with Crippen molar-refractivity contribution in [1.82, 2.24) is 9.97 Å². The van der Waals surface area contributed by atoms with Gasteiger partial charge in [0.1, 0.15) is 5.65 Å². The molecular weight excluding hydrogens is 218 g/mol. The van der Waals surface area contributed by atoms with E-state index in [0.717, 1.165) is 21.2 Å². The third kappa shape index (κ3) is 1.23. The van der Waals surface area contributed by atoms with Crippen LogP contribution >= 0.6 is 15.9 Å². The molecule has 4 heteroatoms. The number of rotatable bonds is 1. The minimum atomic E-state index is 0.522. The fourth-order valence-corrected chi connectivity index (χ4v) is 1.50. The molecule has 0 saturated carbocycles. The molecule has 2 aromatic heterocycles. The highest BCUT2D eigenvalue weighted by molar-refractivity contribution is 9.10. The highest BCUT2D eigenvalue weighted by atomic mass is 79.9. The second kappa shape index (κ2) is 2.88. The SMILES string of the molecule is NCc1cc2cc(Br)cnc2[nH]1. The lowest BCUT2D eigenvalue weighted by atomic mass is 10.3. The first-order valence-electron chi connectivity index (χ1n) is 3.63. The molecule has 0 aliphatic carbocycles. The van der Waals surface area contributed by atoms with E-state index in [-0.39, 0.29) is 0 Å². The number of aromatic amines is 1. The van der Waals surface area contributed by atoms with Crippen molar-refractivity contribution in [3.63, 3.8) is 0 Å². The van der Waals surface area contributed by atoms with Crippen LogP contribution in [-0.4, -0.2) is 9.97 Å². The van der Waals surface area contributed by atoms with E-state index in [0.29, 0.717) is 6.54 Å². The largest absolute Gasteiger partial charge is 0.342 e. The van der Waals surface area contributed by atoms with Crippen LogP contribution < -0.4 is 5.73 Å². The van der Waals surface area contributed by atoms with E-state index < -0.39 is 0 Å². The van der Waals surface area contributed by atoms with Crippen molar-refractivity contribution in [2.45, 2.75) is 6.54 Å². The molecule has 0 aliphatic heterocycles.